The maximum atomic E-state index is 13.6. The highest BCUT2D eigenvalue weighted by molar-refractivity contribution is 7.91. The Morgan fingerprint density at radius 3 is 2.52 bits per heavy atom. The zero-order chi connectivity index (χ0) is 21.0. The minimum atomic E-state index is -3.93. The van der Waals surface area contributed by atoms with Crippen LogP contribution in [-0.4, -0.2) is 20.9 Å². The van der Waals surface area contributed by atoms with Gasteiger partial charge in [-0.2, -0.15) is 0 Å². The van der Waals surface area contributed by atoms with Crippen LogP contribution in [0.1, 0.15) is 22.1 Å². The second-order valence-electron chi connectivity index (χ2n) is 6.57. The SMILES string of the molecule is Cc1cc(S(=O)(=O)[C@H](CNC(=O)Cc2ccc(Cl)cc2)c2ccco2)ccc1F. The summed E-state index contributed by atoms with van der Waals surface area (Å²) in [5, 5.41) is 2.07. The van der Waals surface area contributed by atoms with Crippen molar-refractivity contribution in [1.29, 1.82) is 0 Å². The molecule has 0 radical (unpaired) electrons. The molecule has 1 heterocycles. The van der Waals surface area contributed by atoms with Gasteiger partial charge in [0.25, 0.3) is 0 Å². The fourth-order valence-electron chi connectivity index (χ4n) is 2.85. The van der Waals surface area contributed by atoms with E-state index in [0.717, 1.165) is 11.6 Å². The number of aryl methyl sites for hydroxylation is 1. The van der Waals surface area contributed by atoms with Crippen LogP contribution in [0.5, 0.6) is 0 Å². The Morgan fingerprint density at radius 1 is 1.17 bits per heavy atom. The minimum absolute atomic E-state index is 0.0373. The molecule has 3 aromatic rings. The minimum Gasteiger partial charge on any atom is -0.468 e. The second-order valence-corrected chi connectivity index (χ2v) is 9.13. The van der Waals surface area contributed by atoms with E-state index < -0.39 is 20.9 Å². The summed E-state index contributed by atoms with van der Waals surface area (Å²) in [7, 11) is -3.93. The van der Waals surface area contributed by atoms with Crippen molar-refractivity contribution in [3.63, 3.8) is 0 Å². The van der Waals surface area contributed by atoms with E-state index in [0.29, 0.717) is 5.02 Å². The van der Waals surface area contributed by atoms with Gasteiger partial charge in [0.05, 0.1) is 17.6 Å². The zero-order valence-corrected chi connectivity index (χ0v) is 17.1. The van der Waals surface area contributed by atoms with Crippen LogP contribution in [-0.2, 0) is 21.1 Å². The first-order valence-electron chi connectivity index (χ1n) is 8.82. The van der Waals surface area contributed by atoms with E-state index in [2.05, 4.69) is 5.32 Å². The predicted octanol–water partition coefficient (Wildman–Crippen LogP) is 4.25. The molecule has 0 bridgehead atoms. The van der Waals surface area contributed by atoms with E-state index in [1.165, 1.54) is 31.4 Å². The van der Waals surface area contributed by atoms with Crippen molar-refractivity contribution >= 4 is 27.3 Å². The standard InChI is InChI=1S/C21H19ClFNO4S/c1-14-11-17(8-9-18(14)23)29(26,27)20(19-3-2-10-28-19)13-24-21(25)12-15-4-6-16(22)7-5-15/h2-11,20H,12-13H2,1H3,(H,24,25)/t20-/m1/s1. The summed E-state index contributed by atoms with van der Waals surface area (Å²) >= 11 is 5.84. The average Bonchev–Trinajstić information content (AvgIpc) is 3.20. The third kappa shape index (κ3) is 5.05. The number of benzene rings is 2. The Bertz CT molecular complexity index is 1100. The van der Waals surface area contributed by atoms with Gasteiger partial charge in [0.1, 0.15) is 16.8 Å². The molecule has 0 spiro atoms. The van der Waals surface area contributed by atoms with Crippen molar-refractivity contribution < 1.29 is 22.0 Å². The molecule has 1 amide bonds. The van der Waals surface area contributed by atoms with Gasteiger partial charge >= 0.3 is 0 Å². The van der Waals surface area contributed by atoms with Gasteiger partial charge in [-0.3, -0.25) is 4.79 Å². The summed E-state index contributed by atoms with van der Waals surface area (Å²) in [5.74, 6) is -0.636. The summed E-state index contributed by atoms with van der Waals surface area (Å²) in [6.45, 7) is 1.31. The largest absolute Gasteiger partial charge is 0.468 e. The van der Waals surface area contributed by atoms with Crippen LogP contribution in [0.2, 0.25) is 5.02 Å². The lowest BCUT2D eigenvalue weighted by atomic mass is 10.1. The number of rotatable bonds is 7. The number of carbonyl (C=O) groups is 1. The third-order valence-corrected chi connectivity index (χ3v) is 6.77. The first-order chi connectivity index (χ1) is 13.8. The van der Waals surface area contributed by atoms with E-state index in [1.54, 1.807) is 30.3 Å². The first kappa shape index (κ1) is 21.1. The van der Waals surface area contributed by atoms with Crippen LogP contribution in [0.3, 0.4) is 0 Å². The Morgan fingerprint density at radius 2 is 1.90 bits per heavy atom. The molecule has 0 unspecified atom stereocenters. The van der Waals surface area contributed by atoms with Gasteiger partial charge in [-0.1, -0.05) is 23.7 Å². The highest BCUT2D eigenvalue weighted by Gasteiger charge is 2.32. The molecule has 0 fully saturated rings. The molecule has 152 valence electrons. The number of nitrogens with one attached hydrogen (secondary N) is 1. The van der Waals surface area contributed by atoms with E-state index >= 15 is 0 Å². The molecular weight excluding hydrogens is 417 g/mol. The molecule has 1 aromatic heterocycles. The normalized spacial score (nSPS) is 12.5. The molecule has 3 rings (SSSR count). The number of halogens is 2. The number of amides is 1. The third-order valence-electron chi connectivity index (χ3n) is 4.46. The Hall–Kier alpha value is -2.64. The maximum Gasteiger partial charge on any atom is 0.224 e. The first-order valence-corrected chi connectivity index (χ1v) is 10.7. The van der Waals surface area contributed by atoms with Crippen LogP contribution in [0.25, 0.3) is 0 Å². The molecular formula is C21H19ClFNO4S. The van der Waals surface area contributed by atoms with Crippen molar-refractivity contribution in [2.24, 2.45) is 0 Å². The number of carbonyl (C=O) groups excluding carboxylic acids is 1. The Balaban J connectivity index is 1.79. The highest BCUT2D eigenvalue weighted by atomic mass is 35.5. The fraction of sp³-hybridized carbons (Fsp3) is 0.190. The summed E-state index contributed by atoms with van der Waals surface area (Å²) in [6.07, 6.45) is 1.45. The number of hydrogen-bond acceptors (Lipinski definition) is 4. The van der Waals surface area contributed by atoms with Crippen LogP contribution >= 0.6 is 11.6 Å². The van der Waals surface area contributed by atoms with Gasteiger partial charge in [-0.15, -0.1) is 0 Å². The van der Waals surface area contributed by atoms with Crippen LogP contribution in [0, 0.1) is 12.7 Å². The molecule has 2 aromatic carbocycles. The molecule has 0 aliphatic carbocycles. The van der Waals surface area contributed by atoms with E-state index in [-0.39, 0.29) is 35.1 Å². The lowest BCUT2D eigenvalue weighted by Gasteiger charge is -2.17. The van der Waals surface area contributed by atoms with Crippen LogP contribution in [0.15, 0.2) is 70.2 Å². The maximum absolute atomic E-state index is 13.6. The molecule has 1 N–H and O–H groups in total. The molecule has 8 heteroatoms. The summed E-state index contributed by atoms with van der Waals surface area (Å²) in [5.41, 5.74) is 0.967. The van der Waals surface area contributed by atoms with Gasteiger partial charge in [0.2, 0.25) is 5.91 Å². The Labute approximate surface area is 173 Å². The van der Waals surface area contributed by atoms with E-state index in [4.69, 9.17) is 16.0 Å². The lowest BCUT2D eigenvalue weighted by molar-refractivity contribution is -0.120. The topological polar surface area (TPSA) is 76.4 Å². The second kappa shape index (κ2) is 8.80. The van der Waals surface area contributed by atoms with Crippen molar-refractivity contribution in [3.8, 4) is 0 Å². The van der Waals surface area contributed by atoms with Gasteiger partial charge in [0, 0.05) is 11.6 Å². The van der Waals surface area contributed by atoms with E-state index in [9.17, 15) is 17.6 Å². The Kier molecular flexibility index (Phi) is 6.39. The fourth-order valence-corrected chi connectivity index (χ4v) is 4.65. The van der Waals surface area contributed by atoms with Crippen molar-refractivity contribution in [2.75, 3.05) is 6.54 Å². The van der Waals surface area contributed by atoms with Gasteiger partial charge in [0.15, 0.2) is 9.84 Å². The highest BCUT2D eigenvalue weighted by Crippen LogP contribution is 2.30. The number of furan rings is 1. The predicted molar refractivity (Wildman–Crippen MR) is 108 cm³/mol. The van der Waals surface area contributed by atoms with Gasteiger partial charge < -0.3 is 9.73 Å². The van der Waals surface area contributed by atoms with Gasteiger partial charge in [-0.05, 0) is 60.5 Å². The summed E-state index contributed by atoms with van der Waals surface area (Å²) in [4.78, 5) is 12.3. The number of sulfone groups is 1. The summed E-state index contributed by atoms with van der Waals surface area (Å²) in [6, 6.07) is 13.5. The van der Waals surface area contributed by atoms with Gasteiger partial charge in [-0.25, -0.2) is 12.8 Å². The molecule has 0 aliphatic rings. The van der Waals surface area contributed by atoms with Crippen molar-refractivity contribution in [2.45, 2.75) is 23.5 Å². The van der Waals surface area contributed by atoms with Crippen molar-refractivity contribution in [3.05, 3.63) is 88.6 Å². The van der Waals surface area contributed by atoms with Crippen LogP contribution < -0.4 is 5.32 Å². The molecule has 0 saturated carbocycles. The smallest absolute Gasteiger partial charge is 0.224 e. The molecule has 1 atom stereocenters. The van der Waals surface area contributed by atoms with Crippen molar-refractivity contribution in [1.82, 2.24) is 5.32 Å². The monoisotopic (exact) mass is 435 g/mol. The van der Waals surface area contributed by atoms with Crippen LogP contribution in [0.4, 0.5) is 4.39 Å². The lowest BCUT2D eigenvalue weighted by Crippen LogP contribution is -2.32. The molecule has 0 aliphatic heterocycles. The molecule has 5 nitrogen and oxygen atoms in total. The molecule has 29 heavy (non-hydrogen) atoms. The zero-order valence-electron chi connectivity index (χ0n) is 15.6. The van der Waals surface area contributed by atoms with E-state index in [1.807, 2.05) is 0 Å². The summed E-state index contributed by atoms with van der Waals surface area (Å²) < 4.78 is 45.2. The molecule has 0 saturated heterocycles. The number of hydrogen-bond donors (Lipinski definition) is 1. The quantitative estimate of drug-likeness (QED) is 0.563. The average molecular weight is 436 g/mol.